The summed E-state index contributed by atoms with van der Waals surface area (Å²) in [6.45, 7) is 4.60. The lowest BCUT2D eigenvalue weighted by Crippen LogP contribution is -2.46. The van der Waals surface area contributed by atoms with Crippen LogP contribution in [0.2, 0.25) is 0 Å². The van der Waals surface area contributed by atoms with Crippen LogP contribution < -0.4 is 10.2 Å². The van der Waals surface area contributed by atoms with Crippen LogP contribution in [0.3, 0.4) is 0 Å². The molecule has 0 heterocycles. The fourth-order valence-electron chi connectivity index (χ4n) is 9.58. The van der Waals surface area contributed by atoms with Crippen LogP contribution in [0.1, 0.15) is 284 Å². The average Bonchev–Trinajstić information content (AvgIpc) is 3.56. The van der Waals surface area contributed by atoms with E-state index in [1.54, 1.807) is 0 Å². The molecule has 0 bridgehead atoms. The van der Waals surface area contributed by atoms with Gasteiger partial charge in [0.05, 0.1) is 39.9 Å². The number of phosphoric ester groups is 1. The van der Waals surface area contributed by atoms with E-state index in [1.807, 2.05) is 21.1 Å². The van der Waals surface area contributed by atoms with Crippen molar-refractivity contribution in [2.75, 3.05) is 40.9 Å². The van der Waals surface area contributed by atoms with Gasteiger partial charge < -0.3 is 28.8 Å². The van der Waals surface area contributed by atoms with Crippen molar-refractivity contribution in [2.24, 2.45) is 0 Å². The molecule has 9 heteroatoms. The molecule has 0 aromatic rings. The van der Waals surface area contributed by atoms with Crippen LogP contribution in [0, 0.1) is 0 Å². The van der Waals surface area contributed by atoms with E-state index in [-0.39, 0.29) is 19.1 Å². The third kappa shape index (κ3) is 66.2. The Morgan fingerprint density at radius 2 is 0.726 bits per heavy atom. The van der Waals surface area contributed by atoms with Gasteiger partial charge in [0.2, 0.25) is 5.91 Å². The largest absolute Gasteiger partial charge is 0.756 e. The van der Waals surface area contributed by atoms with Crippen molar-refractivity contribution in [3.05, 3.63) is 134 Å². The Morgan fingerprint density at radius 1 is 0.429 bits per heavy atom. The highest BCUT2D eigenvalue weighted by atomic mass is 31.2. The molecule has 3 atom stereocenters. The van der Waals surface area contributed by atoms with Gasteiger partial charge in [0.15, 0.2) is 0 Å². The predicted octanol–water partition coefficient (Wildman–Crippen LogP) is 21.6. The molecule has 0 aromatic heterocycles. The summed E-state index contributed by atoms with van der Waals surface area (Å²) < 4.78 is 23.5. The Bertz CT molecular complexity index is 1830. The number of unbranched alkanes of at least 4 members (excludes halogenated alkanes) is 27. The van der Waals surface area contributed by atoms with Gasteiger partial charge in [0.1, 0.15) is 13.2 Å². The summed E-state index contributed by atoms with van der Waals surface area (Å²) in [5, 5.41) is 14.1. The number of rotatable bonds is 62. The molecule has 0 saturated carbocycles. The number of aliphatic hydroxyl groups excluding tert-OH is 1. The lowest BCUT2D eigenvalue weighted by atomic mass is 10.0. The number of amides is 1. The number of hydrogen-bond donors (Lipinski definition) is 2. The number of carbonyl (C=O) groups excluding carboxylic acids is 1. The predicted molar refractivity (Wildman–Crippen MR) is 366 cm³/mol. The Labute approximate surface area is 519 Å². The third-order valence-corrected chi connectivity index (χ3v) is 15.9. The minimum absolute atomic E-state index is 0.00127. The van der Waals surface area contributed by atoms with E-state index in [0.717, 1.165) is 116 Å². The van der Waals surface area contributed by atoms with E-state index < -0.39 is 20.0 Å². The zero-order chi connectivity index (χ0) is 61.2. The van der Waals surface area contributed by atoms with Gasteiger partial charge in [-0.1, -0.05) is 314 Å². The molecule has 0 saturated heterocycles. The number of likely N-dealkylation sites (N-methyl/N-ethyl adjacent to an activating group) is 1. The summed E-state index contributed by atoms with van der Waals surface area (Å²) in [4.78, 5) is 25.6. The number of hydrogen-bond acceptors (Lipinski definition) is 6. The molecule has 0 aliphatic carbocycles. The summed E-state index contributed by atoms with van der Waals surface area (Å²) in [6, 6.07) is -0.830. The highest BCUT2D eigenvalue weighted by Gasteiger charge is 2.24. The zero-order valence-electron chi connectivity index (χ0n) is 55.1. The zero-order valence-corrected chi connectivity index (χ0v) is 56.0. The quantitative estimate of drug-likeness (QED) is 0.0272. The number of nitrogens with one attached hydrogen (secondary N) is 1. The summed E-state index contributed by atoms with van der Waals surface area (Å²) in [7, 11) is 1.27. The molecule has 2 N–H and O–H groups in total. The van der Waals surface area contributed by atoms with Gasteiger partial charge in [-0.05, 0) is 96.3 Å². The lowest BCUT2D eigenvalue weighted by molar-refractivity contribution is -0.870. The summed E-state index contributed by atoms with van der Waals surface area (Å²) >= 11 is 0. The molecule has 482 valence electrons. The average molecular weight is 1190 g/mol. The van der Waals surface area contributed by atoms with Gasteiger partial charge in [-0.15, -0.1) is 0 Å². The molecule has 1 amide bonds. The molecule has 0 aliphatic heterocycles. The number of carbonyl (C=O) groups is 1. The number of aliphatic hydroxyl groups is 1. The number of phosphoric acid groups is 1. The number of quaternary nitrogens is 1. The van der Waals surface area contributed by atoms with Crippen LogP contribution in [-0.4, -0.2) is 68.5 Å². The Hall–Kier alpha value is -3.36. The summed E-state index contributed by atoms with van der Waals surface area (Å²) in [5.41, 5.74) is 0. The molecule has 8 nitrogen and oxygen atoms in total. The molecular formula is C75H131N2O6P. The molecule has 0 aliphatic rings. The van der Waals surface area contributed by atoms with Crippen LogP contribution in [0.25, 0.3) is 0 Å². The van der Waals surface area contributed by atoms with Crippen molar-refractivity contribution in [1.82, 2.24) is 5.32 Å². The van der Waals surface area contributed by atoms with Crippen LogP contribution >= 0.6 is 7.82 Å². The van der Waals surface area contributed by atoms with Gasteiger partial charge in [-0.3, -0.25) is 9.36 Å². The SMILES string of the molecule is CC/C=C\C/C=C\C/C=C\C/C=C\C/C=C\C/C=C\C/C=C\C/C=C\C/C=C\C/C=C\C/C=C\CCCCCC(=O)NC(COP(=O)([O-])OCC[N+](C)(C)C)C(O)CCCCCCCCCCCCCCCCCCCCCCCCCCC. The Balaban J connectivity index is 4.20. The maximum Gasteiger partial charge on any atom is 0.268 e. The molecular weight excluding hydrogens is 1060 g/mol. The second-order valence-corrected chi connectivity index (χ2v) is 25.6. The Morgan fingerprint density at radius 3 is 1.05 bits per heavy atom. The van der Waals surface area contributed by atoms with E-state index in [0.29, 0.717) is 23.9 Å². The topological polar surface area (TPSA) is 108 Å². The number of nitrogens with zero attached hydrogens (tertiary/aromatic N) is 1. The fraction of sp³-hybridized carbons (Fsp3) is 0.693. The van der Waals surface area contributed by atoms with E-state index in [1.165, 1.54) is 141 Å². The molecule has 0 fully saturated rings. The van der Waals surface area contributed by atoms with Gasteiger partial charge in [-0.2, -0.15) is 0 Å². The van der Waals surface area contributed by atoms with Crippen molar-refractivity contribution >= 4 is 13.7 Å². The van der Waals surface area contributed by atoms with Crippen molar-refractivity contribution < 1.29 is 32.9 Å². The monoisotopic (exact) mass is 1190 g/mol. The second kappa shape index (κ2) is 64.1. The van der Waals surface area contributed by atoms with Gasteiger partial charge in [0.25, 0.3) is 7.82 Å². The van der Waals surface area contributed by atoms with Crippen molar-refractivity contribution in [3.63, 3.8) is 0 Å². The van der Waals surface area contributed by atoms with Gasteiger partial charge in [0, 0.05) is 6.42 Å². The van der Waals surface area contributed by atoms with Crippen molar-refractivity contribution in [2.45, 2.75) is 296 Å². The molecule has 0 rings (SSSR count). The van der Waals surface area contributed by atoms with Crippen molar-refractivity contribution in [3.8, 4) is 0 Å². The minimum atomic E-state index is -4.60. The first kappa shape index (κ1) is 80.6. The van der Waals surface area contributed by atoms with Crippen LogP contribution in [0.4, 0.5) is 0 Å². The minimum Gasteiger partial charge on any atom is -0.756 e. The smallest absolute Gasteiger partial charge is 0.268 e. The highest BCUT2D eigenvalue weighted by molar-refractivity contribution is 7.45. The van der Waals surface area contributed by atoms with E-state index in [9.17, 15) is 19.4 Å². The first-order chi connectivity index (χ1) is 41.0. The van der Waals surface area contributed by atoms with Crippen LogP contribution in [0.5, 0.6) is 0 Å². The first-order valence-electron chi connectivity index (χ1n) is 34.5. The van der Waals surface area contributed by atoms with E-state index in [2.05, 4.69) is 153 Å². The normalized spacial score (nSPS) is 14.5. The molecule has 84 heavy (non-hydrogen) atoms. The highest BCUT2D eigenvalue weighted by Crippen LogP contribution is 2.38. The molecule has 0 spiro atoms. The molecule has 3 unspecified atom stereocenters. The standard InChI is InChI=1S/C75H131N2O6P/c1-6-8-10-12-14-16-18-20-22-24-26-28-30-32-33-34-35-36-37-38-39-40-41-42-43-45-47-49-51-53-55-57-59-61-63-65-67-69-75(79)76-73(72-83-84(80,81)82-71-70-77(3,4)5)74(78)68-66-64-62-60-58-56-54-52-50-48-46-44-31-29-27-25-23-21-19-17-15-13-11-9-7-2/h8,10,14,16,20,22,26,28,32-33,35-36,38-39,41-42,45,47,51,53,57,59,73-74,78H,6-7,9,11-13,15,17-19,21,23-25,27,29-31,34,37,40,43-44,46,48-50,52,54-56,58,60-72H2,1-5H3,(H-,76,79,80,81)/b10-8-,16-14-,22-20-,28-26-,33-32-,36-35-,39-38-,42-41-,47-45-,53-51-,59-57-. The maximum absolute atomic E-state index is 13.0. The van der Waals surface area contributed by atoms with Gasteiger partial charge >= 0.3 is 0 Å². The molecule has 0 aromatic carbocycles. The molecule has 0 radical (unpaired) electrons. The van der Waals surface area contributed by atoms with E-state index in [4.69, 9.17) is 9.05 Å². The summed E-state index contributed by atoms with van der Waals surface area (Å²) in [5.74, 6) is -0.199. The van der Waals surface area contributed by atoms with Gasteiger partial charge in [-0.25, -0.2) is 0 Å². The Kier molecular flexibility index (Phi) is 61.6. The van der Waals surface area contributed by atoms with Crippen molar-refractivity contribution in [1.29, 1.82) is 0 Å². The third-order valence-electron chi connectivity index (χ3n) is 14.9. The van der Waals surface area contributed by atoms with Crippen LogP contribution in [0.15, 0.2) is 134 Å². The summed E-state index contributed by atoms with van der Waals surface area (Å²) in [6.07, 6.45) is 96.6. The lowest BCUT2D eigenvalue weighted by Gasteiger charge is -2.30. The fourth-order valence-corrected chi connectivity index (χ4v) is 10.3. The maximum atomic E-state index is 13.0. The number of allylic oxidation sites excluding steroid dienone is 22. The second-order valence-electron chi connectivity index (χ2n) is 24.2. The first-order valence-corrected chi connectivity index (χ1v) is 36.0. The van der Waals surface area contributed by atoms with Crippen LogP contribution in [-0.2, 0) is 18.4 Å². The van der Waals surface area contributed by atoms with E-state index >= 15 is 0 Å².